The van der Waals surface area contributed by atoms with Crippen LogP contribution in [0.25, 0.3) is 0 Å². The molecule has 0 bridgehead atoms. The van der Waals surface area contributed by atoms with Crippen molar-refractivity contribution in [2.45, 2.75) is 6.04 Å². The average Bonchev–Trinajstić information content (AvgIpc) is 2.50. The van der Waals surface area contributed by atoms with Crippen molar-refractivity contribution in [1.29, 1.82) is 0 Å². The SMILES string of the molecule is CNC(c1ccc(Br)cc1)c1ccc(OC)c(Br)c1OC. The second-order valence-corrected chi connectivity index (χ2v) is 6.19. The third-order valence-electron chi connectivity index (χ3n) is 3.32. The third kappa shape index (κ3) is 3.42. The number of hydrogen-bond donors (Lipinski definition) is 1. The van der Waals surface area contributed by atoms with Gasteiger partial charge in [0, 0.05) is 10.0 Å². The lowest BCUT2D eigenvalue weighted by Crippen LogP contribution is -2.18. The summed E-state index contributed by atoms with van der Waals surface area (Å²) < 4.78 is 12.8. The van der Waals surface area contributed by atoms with Crippen LogP contribution in [0.4, 0.5) is 0 Å². The van der Waals surface area contributed by atoms with Gasteiger partial charge in [0.15, 0.2) is 0 Å². The molecule has 5 heteroatoms. The van der Waals surface area contributed by atoms with Crippen LogP contribution in [-0.2, 0) is 0 Å². The van der Waals surface area contributed by atoms with Crippen LogP contribution in [0, 0.1) is 0 Å². The summed E-state index contributed by atoms with van der Waals surface area (Å²) in [5.74, 6) is 1.53. The van der Waals surface area contributed by atoms with Crippen molar-refractivity contribution in [3.8, 4) is 11.5 Å². The molecule has 0 saturated carbocycles. The van der Waals surface area contributed by atoms with Crippen molar-refractivity contribution in [3.05, 3.63) is 56.5 Å². The molecule has 0 saturated heterocycles. The highest BCUT2D eigenvalue weighted by Gasteiger charge is 2.20. The van der Waals surface area contributed by atoms with Crippen molar-refractivity contribution in [1.82, 2.24) is 5.32 Å². The highest BCUT2D eigenvalue weighted by atomic mass is 79.9. The van der Waals surface area contributed by atoms with Crippen LogP contribution >= 0.6 is 31.9 Å². The van der Waals surface area contributed by atoms with Gasteiger partial charge in [-0.3, -0.25) is 0 Å². The molecule has 2 aromatic rings. The number of rotatable bonds is 5. The van der Waals surface area contributed by atoms with E-state index in [9.17, 15) is 0 Å². The number of ether oxygens (including phenoxy) is 2. The fourth-order valence-corrected chi connectivity index (χ4v) is 3.25. The average molecular weight is 415 g/mol. The van der Waals surface area contributed by atoms with Crippen LogP contribution in [0.5, 0.6) is 11.5 Å². The highest BCUT2D eigenvalue weighted by Crippen LogP contribution is 2.41. The molecule has 2 aromatic carbocycles. The van der Waals surface area contributed by atoms with Gasteiger partial charge in [-0.15, -0.1) is 0 Å². The van der Waals surface area contributed by atoms with Crippen LogP contribution in [0.1, 0.15) is 17.2 Å². The fourth-order valence-electron chi connectivity index (χ4n) is 2.30. The Morgan fingerprint density at radius 1 is 0.952 bits per heavy atom. The molecule has 0 radical (unpaired) electrons. The minimum absolute atomic E-state index is 0.0373. The summed E-state index contributed by atoms with van der Waals surface area (Å²) >= 11 is 7.01. The molecule has 3 nitrogen and oxygen atoms in total. The standard InChI is InChI=1S/C16H17Br2NO2/c1-19-15(10-4-6-11(17)7-5-10)12-8-9-13(20-2)14(18)16(12)21-3/h4-9,15,19H,1-3H3. The molecule has 0 aliphatic carbocycles. The first kappa shape index (κ1) is 16.3. The molecule has 21 heavy (non-hydrogen) atoms. The van der Waals surface area contributed by atoms with Crippen molar-refractivity contribution < 1.29 is 9.47 Å². The largest absolute Gasteiger partial charge is 0.495 e. The van der Waals surface area contributed by atoms with Gasteiger partial charge in [0.05, 0.1) is 20.3 Å². The van der Waals surface area contributed by atoms with Gasteiger partial charge in [-0.25, -0.2) is 0 Å². The summed E-state index contributed by atoms with van der Waals surface area (Å²) in [6.07, 6.45) is 0. The van der Waals surface area contributed by atoms with E-state index in [1.54, 1.807) is 14.2 Å². The Balaban J connectivity index is 2.52. The van der Waals surface area contributed by atoms with E-state index < -0.39 is 0 Å². The van der Waals surface area contributed by atoms with Crippen molar-refractivity contribution >= 4 is 31.9 Å². The number of methoxy groups -OCH3 is 2. The second-order valence-electron chi connectivity index (χ2n) is 4.48. The molecule has 0 aliphatic heterocycles. The Morgan fingerprint density at radius 3 is 2.14 bits per heavy atom. The van der Waals surface area contributed by atoms with Gasteiger partial charge in [0.1, 0.15) is 16.0 Å². The maximum atomic E-state index is 5.57. The molecule has 0 fully saturated rings. The van der Waals surface area contributed by atoms with E-state index in [0.717, 1.165) is 31.6 Å². The van der Waals surface area contributed by atoms with E-state index in [0.29, 0.717) is 0 Å². The molecule has 1 unspecified atom stereocenters. The normalized spacial score (nSPS) is 12.0. The predicted octanol–water partition coefficient (Wildman–Crippen LogP) is 4.54. The molecule has 0 aromatic heterocycles. The number of halogens is 2. The van der Waals surface area contributed by atoms with Crippen LogP contribution in [-0.4, -0.2) is 21.3 Å². The second kappa shape index (κ2) is 7.29. The summed E-state index contributed by atoms with van der Waals surface area (Å²) in [7, 11) is 5.24. The van der Waals surface area contributed by atoms with Crippen LogP contribution < -0.4 is 14.8 Å². The Hall–Kier alpha value is -1.04. The monoisotopic (exact) mass is 413 g/mol. The van der Waals surface area contributed by atoms with Gasteiger partial charge >= 0.3 is 0 Å². The molecule has 0 aliphatic rings. The lowest BCUT2D eigenvalue weighted by molar-refractivity contribution is 0.383. The van der Waals surface area contributed by atoms with Gasteiger partial charge < -0.3 is 14.8 Å². The summed E-state index contributed by atoms with van der Waals surface area (Å²) in [5.41, 5.74) is 2.21. The van der Waals surface area contributed by atoms with Crippen LogP contribution in [0.15, 0.2) is 45.3 Å². The minimum atomic E-state index is 0.0373. The molecule has 1 N–H and O–H groups in total. The smallest absolute Gasteiger partial charge is 0.141 e. The van der Waals surface area contributed by atoms with Gasteiger partial charge in [-0.05, 0) is 52.8 Å². The lowest BCUT2D eigenvalue weighted by atomic mass is 9.98. The first-order valence-electron chi connectivity index (χ1n) is 6.45. The quantitative estimate of drug-likeness (QED) is 0.779. The molecule has 0 heterocycles. The van der Waals surface area contributed by atoms with E-state index in [1.165, 1.54) is 0 Å². The van der Waals surface area contributed by atoms with Gasteiger partial charge in [0.25, 0.3) is 0 Å². The van der Waals surface area contributed by atoms with Crippen molar-refractivity contribution in [2.24, 2.45) is 0 Å². The summed E-state index contributed by atoms with van der Waals surface area (Å²) in [6.45, 7) is 0. The molecular formula is C16H17Br2NO2. The molecule has 0 amide bonds. The van der Waals surface area contributed by atoms with Gasteiger partial charge in [0.2, 0.25) is 0 Å². The Labute approximate surface area is 141 Å². The highest BCUT2D eigenvalue weighted by molar-refractivity contribution is 9.11. The van der Waals surface area contributed by atoms with Crippen LogP contribution in [0.2, 0.25) is 0 Å². The summed E-state index contributed by atoms with van der Waals surface area (Å²) in [4.78, 5) is 0. The van der Waals surface area contributed by atoms with Gasteiger partial charge in [-0.1, -0.05) is 28.1 Å². The third-order valence-corrected chi connectivity index (χ3v) is 4.60. The number of benzene rings is 2. The summed E-state index contributed by atoms with van der Waals surface area (Å²) in [5, 5.41) is 3.34. The van der Waals surface area contributed by atoms with Crippen molar-refractivity contribution in [2.75, 3.05) is 21.3 Å². The van der Waals surface area contributed by atoms with Gasteiger partial charge in [-0.2, -0.15) is 0 Å². The molecule has 1 atom stereocenters. The zero-order valence-corrected chi connectivity index (χ0v) is 15.3. The topological polar surface area (TPSA) is 30.5 Å². The number of nitrogens with one attached hydrogen (secondary N) is 1. The maximum Gasteiger partial charge on any atom is 0.141 e. The van der Waals surface area contributed by atoms with E-state index in [1.807, 2.05) is 31.3 Å². The molecule has 0 spiro atoms. The minimum Gasteiger partial charge on any atom is -0.495 e. The maximum absolute atomic E-state index is 5.57. The predicted molar refractivity (Wildman–Crippen MR) is 92.3 cm³/mol. The lowest BCUT2D eigenvalue weighted by Gasteiger charge is -2.21. The zero-order chi connectivity index (χ0) is 15.4. The Morgan fingerprint density at radius 2 is 1.62 bits per heavy atom. The molecule has 2 rings (SSSR count). The molecule has 112 valence electrons. The first-order chi connectivity index (χ1) is 10.1. The van der Waals surface area contributed by atoms with E-state index >= 15 is 0 Å². The summed E-state index contributed by atoms with van der Waals surface area (Å²) in [6, 6.07) is 12.2. The molecular weight excluding hydrogens is 398 g/mol. The Kier molecular flexibility index (Phi) is 5.67. The van der Waals surface area contributed by atoms with Crippen LogP contribution in [0.3, 0.4) is 0 Å². The first-order valence-corrected chi connectivity index (χ1v) is 8.04. The van der Waals surface area contributed by atoms with Crippen molar-refractivity contribution in [3.63, 3.8) is 0 Å². The Bertz CT molecular complexity index is 614. The number of hydrogen-bond acceptors (Lipinski definition) is 3. The van der Waals surface area contributed by atoms with E-state index in [-0.39, 0.29) is 6.04 Å². The van der Waals surface area contributed by atoms with E-state index in [4.69, 9.17) is 9.47 Å². The zero-order valence-electron chi connectivity index (χ0n) is 12.1. The van der Waals surface area contributed by atoms with E-state index in [2.05, 4.69) is 49.3 Å². The fraction of sp³-hybridized carbons (Fsp3) is 0.250.